The Hall–Kier alpha value is -2.72. The van der Waals surface area contributed by atoms with Crippen molar-refractivity contribution in [2.24, 2.45) is 0 Å². The van der Waals surface area contributed by atoms with Gasteiger partial charge in [-0.3, -0.25) is 0 Å². The quantitative estimate of drug-likeness (QED) is 0.651. The predicted octanol–water partition coefficient (Wildman–Crippen LogP) is 3.40. The van der Waals surface area contributed by atoms with Crippen molar-refractivity contribution in [3.63, 3.8) is 0 Å². The van der Waals surface area contributed by atoms with Gasteiger partial charge in [-0.05, 0) is 35.9 Å². The van der Waals surface area contributed by atoms with Crippen molar-refractivity contribution in [3.8, 4) is 5.75 Å². The predicted molar refractivity (Wildman–Crippen MR) is 92.5 cm³/mol. The average molecular weight is 356 g/mol. The van der Waals surface area contributed by atoms with Crippen molar-refractivity contribution in [2.45, 2.75) is 19.4 Å². The third-order valence-electron chi connectivity index (χ3n) is 3.66. The smallest absolute Gasteiger partial charge is 0.123 e. The van der Waals surface area contributed by atoms with Crippen LogP contribution in [0.25, 0.3) is 0 Å². The van der Waals surface area contributed by atoms with Crippen LogP contribution in [0.2, 0.25) is 5.02 Å². The molecule has 0 amide bonds. The average Bonchev–Trinajstić information content (AvgIpc) is 3.01. The number of carbonyl (C=O) groups is 1. The van der Waals surface area contributed by atoms with E-state index >= 15 is 0 Å². The lowest BCUT2D eigenvalue weighted by atomic mass is 10.1. The highest BCUT2D eigenvalue weighted by molar-refractivity contribution is 6.30. The fraction of sp³-hybridized carbons (Fsp3) is 0.150. The molecule has 4 nitrogen and oxygen atoms in total. The van der Waals surface area contributed by atoms with Crippen molar-refractivity contribution in [1.29, 1.82) is 0 Å². The molecule has 0 saturated carbocycles. The normalized spacial score (nSPS) is 10.6. The van der Waals surface area contributed by atoms with Gasteiger partial charge in [-0.2, -0.15) is 0 Å². The number of ether oxygens (including phenoxy) is 1. The Morgan fingerprint density at radius 2 is 1.80 bits per heavy atom. The zero-order chi connectivity index (χ0) is 17.6. The Kier molecular flexibility index (Phi) is 5.41. The van der Waals surface area contributed by atoms with Gasteiger partial charge in [0.15, 0.2) is 0 Å². The summed E-state index contributed by atoms with van der Waals surface area (Å²) in [6.07, 6.45) is 0.213. The zero-order valence-corrected chi connectivity index (χ0v) is 14.2. The van der Waals surface area contributed by atoms with E-state index in [2.05, 4.69) is 0 Å². The Morgan fingerprint density at radius 3 is 2.56 bits per heavy atom. The van der Waals surface area contributed by atoms with Crippen molar-refractivity contribution in [2.75, 3.05) is 0 Å². The summed E-state index contributed by atoms with van der Waals surface area (Å²) >= 11 is 6.10. The van der Waals surface area contributed by atoms with Gasteiger partial charge >= 0.3 is 0 Å². The van der Waals surface area contributed by atoms with Crippen LogP contribution in [0.3, 0.4) is 0 Å². The molecule has 0 radical (unpaired) electrons. The summed E-state index contributed by atoms with van der Waals surface area (Å²) in [4.78, 5) is 10.6. The van der Waals surface area contributed by atoms with Crippen LogP contribution >= 0.6 is 11.6 Å². The Labute approximate surface area is 150 Å². The standard InChI is InChI=1S/C20H17ClO4/c21-16-6-9-19(24-13-14-4-2-1-3-5-14)15(10-16)11-17-7-8-18(25-17)12-20(22)23/h1-10H,11-13H2,(H,22,23)/p-1. The van der Waals surface area contributed by atoms with E-state index in [9.17, 15) is 9.90 Å². The Bertz CT molecular complexity index is 855. The van der Waals surface area contributed by atoms with Gasteiger partial charge in [0.05, 0.1) is 0 Å². The van der Waals surface area contributed by atoms with E-state index in [4.69, 9.17) is 20.8 Å². The largest absolute Gasteiger partial charge is 0.550 e. The van der Waals surface area contributed by atoms with E-state index in [0.29, 0.717) is 35.3 Å². The van der Waals surface area contributed by atoms with Crippen LogP contribution in [0.4, 0.5) is 0 Å². The number of hydrogen-bond acceptors (Lipinski definition) is 4. The van der Waals surface area contributed by atoms with Gasteiger partial charge in [-0.25, -0.2) is 0 Å². The van der Waals surface area contributed by atoms with E-state index < -0.39 is 5.97 Å². The monoisotopic (exact) mass is 355 g/mol. The zero-order valence-electron chi connectivity index (χ0n) is 13.4. The first kappa shape index (κ1) is 17.1. The lowest BCUT2D eigenvalue weighted by molar-refractivity contribution is -0.305. The van der Waals surface area contributed by atoms with Crippen molar-refractivity contribution in [3.05, 3.63) is 88.3 Å². The van der Waals surface area contributed by atoms with Gasteiger partial charge < -0.3 is 19.1 Å². The van der Waals surface area contributed by atoms with E-state index in [1.165, 1.54) is 0 Å². The minimum atomic E-state index is -1.17. The molecule has 25 heavy (non-hydrogen) atoms. The highest BCUT2D eigenvalue weighted by Gasteiger charge is 2.10. The molecule has 0 aliphatic rings. The first-order valence-electron chi connectivity index (χ1n) is 7.83. The molecule has 0 spiro atoms. The SMILES string of the molecule is O=C([O-])Cc1ccc(Cc2cc(Cl)ccc2OCc2ccccc2)o1. The van der Waals surface area contributed by atoms with E-state index in [1.807, 2.05) is 42.5 Å². The van der Waals surface area contributed by atoms with Crippen LogP contribution in [0.15, 0.2) is 65.1 Å². The van der Waals surface area contributed by atoms with Crippen molar-refractivity contribution >= 4 is 17.6 Å². The summed E-state index contributed by atoms with van der Waals surface area (Å²) in [6.45, 7) is 0.448. The van der Waals surface area contributed by atoms with Crippen molar-refractivity contribution in [1.82, 2.24) is 0 Å². The lowest BCUT2D eigenvalue weighted by Gasteiger charge is -2.11. The Balaban J connectivity index is 1.74. The third-order valence-corrected chi connectivity index (χ3v) is 3.90. The molecular formula is C20H16ClO4-. The Morgan fingerprint density at radius 1 is 1.04 bits per heavy atom. The number of carboxylic acids is 1. The molecule has 0 aliphatic heterocycles. The second kappa shape index (κ2) is 7.90. The van der Waals surface area contributed by atoms with Crippen LogP contribution < -0.4 is 9.84 Å². The van der Waals surface area contributed by atoms with Gasteiger partial charge in [-0.1, -0.05) is 41.9 Å². The topological polar surface area (TPSA) is 62.5 Å². The second-order valence-corrected chi connectivity index (χ2v) is 6.06. The van der Waals surface area contributed by atoms with Gasteiger partial charge in [0.2, 0.25) is 0 Å². The van der Waals surface area contributed by atoms with Gasteiger partial charge in [0.25, 0.3) is 0 Å². The van der Waals surface area contributed by atoms with Crippen molar-refractivity contribution < 1.29 is 19.1 Å². The molecule has 0 aliphatic carbocycles. The molecule has 0 N–H and O–H groups in total. The summed E-state index contributed by atoms with van der Waals surface area (Å²) in [5, 5.41) is 11.2. The van der Waals surface area contributed by atoms with Crippen LogP contribution in [0.1, 0.15) is 22.6 Å². The molecule has 5 heteroatoms. The minimum Gasteiger partial charge on any atom is -0.550 e. The fourth-order valence-electron chi connectivity index (χ4n) is 2.50. The maximum Gasteiger partial charge on any atom is 0.123 e. The number of hydrogen-bond donors (Lipinski definition) is 0. The van der Waals surface area contributed by atoms with Gasteiger partial charge in [0, 0.05) is 29.4 Å². The number of aliphatic carboxylic acids is 1. The molecule has 0 atom stereocenters. The van der Waals surface area contributed by atoms with Gasteiger partial charge in [0.1, 0.15) is 23.9 Å². The van der Waals surface area contributed by atoms with E-state index in [1.54, 1.807) is 18.2 Å². The number of carbonyl (C=O) groups excluding carboxylic acids is 1. The number of furan rings is 1. The fourth-order valence-corrected chi connectivity index (χ4v) is 2.70. The summed E-state index contributed by atoms with van der Waals surface area (Å²) in [5.41, 5.74) is 1.94. The first-order valence-corrected chi connectivity index (χ1v) is 8.20. The number of carboxylic acid groups (broad SMARTS) is 1. The maximum atomic E-state index is 10.6. The molecule has 3 aromatic rings. The van der Waals surface area contributed by atoms with Gasteiger partial charge in [-0.15, -0.1) is 0 Å². The minimum absolute atomic E-state index is 0.243. The molecule has 2 aromatic carbocycles. The molecular weight excluding hydrogens is 340 g/mol. The van der Waals surface area contributed by atoms with Crippen LogP contribution in [0.5, 0.6) is 5.75 Å². The number of benzene rings is 2. The molecule has 0 bridgehead atoms. The number of rotatable bonds is 7. The van der Waals surface area contributed by atoms with Crippen LogP contribution in [0, 0.1) is 0 Å². The van der Waals surface area contributed by atoms with Crippen LogP contribution in [-0.4, -0.2) is 5.97 Å². The highest BCUT2D eigenvalue weighted by Crippen LogP contribution is 2.27. The second-order valence-electron chi connectivity index (χ2n) is 5.62. The molecule has 1 heterocycles. The number of halogens is 1. The summed E-state index contributed by atoms with van der Waals surface area (Å²) in [7, 11) is 0. The molecule has 3 rings (SSSR count). The van der Waals surface area contributed by atoms with E-state index in [-0.39, 0.29) is 6.42 Å². The summed E-state index contributed by atoms with van der Waals surface area (Å²) in [5.74, 6) is 0.550. The molecule has 0 saturated heterocycles. The lowest BCUT2D eigenvalue weighted by Crippen LogP contribution is -2.24. The molecule has 0 unspecified atom stereocenters. The van der Waals surface area contributed by atoms with Crippen LogP contribution in [-0.2, 0) is 24.2 Å². The molecule has 0 fully saturated rings. The maximum absolute atomic E-state index is 10.6. The molecule has 128 valence electrons. The first-order chi connectivity index (χ1) is 12.1. The third kappa shape index (κ3) is 4.88. The van der Waals surface area contributed by atoms with E-state index in [0.717, 1.165) is 11.1 Å². The molecule has 1 aromatic heterocycles. The summed E-state index contributed by atoms with van der Waals surface area (Å²) in [6, 6.07) is 18.7. The summed E-state index contributed by atoms with van der Waals surface area (Å²) < 4.78 is 11.5. The highest BCUT2D eigenvalue weighted by atomic mass is 35.5.